The molecule has 0 atom stereocenters. The van der Waals surface area contributed by atoms with Crippen LogP contribution in [0.1, 0.15) is 0 Å². The average Bonchev–Trinajstić information content (AvgIpc) is 2.05. The van der Waals surface area contributed by atoms with Gasteiger partial charge < -0.3 is 10.3 Å². The molecular weight excluding hydrogens is 156 g/mol. The Labute approximate surface area is 68.3 Å². The summed E-state index contributed by atoms with van der Waals surface area (Å²) < 4.78 is 1.53. The highest BCUT2D eigenvalue weighted by molar-refractivity contribution is 6.30. The molecule has 0 aliphatic rings. The summed E-state index contributed by atoms with van der Waals surface area (Å²) in [5.74, 6) is 0. The summed E-state index contributed by atoms with van der Waals surface area (Å²) >= 11 is 0. The molecule has 0 aliphatic carbocycles. The normalized spacial score (nSPS) is 9.45. The summed E-state index contributed by atoms with van der Waals surface area (Å²) in [5.41, 5.74) is 5.96. The molecule has 0 saturated carbocycles. The van der Waals surface area contributed by atoms with Crippen molar-refractivity contribution in [3.63, 3.8) is 0 Å². The fourth-order valence-electron chi connectivity index (χ4n) is 0.779. The van der Waals surface area contributed by atoms with Gasteiger partial charge in [0, 0.05) is 5.69 Å². The summed E-state index contributed by atoms with van der Waals surface area (Å²) in [4.78, 5) is 10.7. The van der Waals surface area contributed by atoms with Crippen molar-refractivity contribution in [2.75, 3.05) is 4.57 Å². The molecule has 3 nitrogen and oxygen atoms in total. The average molecular weight is 166 g/mol. The van der Waals surface area contributed by atoms with Gasteiger partial charge in [-0.25, -0.2) is 4.79 Å². The van der Waals surface area contributed by atoms with Crippen LogP contribution in [0.25, 0.3) is 0 Å². The van der Waals surface area contributed by atoms with Crippen LogP contribution in [0.5, 0.6) is 0 Å². The molecule has 0 radical (unpaired) electrons. The van der Waals surface area contributed by atoms with Gasteiger partial charge in [0.25, 0.3) is 0 Å². The summed E-state index contributed by atoms with van der Waals surface area (Å²) in [6, 6.07) is 8.99. The zero-order valence-electron chi connectivity index (χ0n) is 6.32. The SMILES string of the molecule is NC(=O)N([SiH3])c1ccccc1. The topological polar surface area (TPSA) is 46.3 Å². The van der Waals surface area contributed by atoms with E-state index in [0.717, 1.165) is 5.69 Å². The summed E-state index contributed by atoms with van der Waals surface area (Å²) in [7, 11) is 0.620. The van der Waals surface area contributed by atoms with Gasteiger partial charge in [-0.05, 0) is 12.1 Å². The van der Waals surface area contributed by atoms with Crippen molar-refractivity contribution in [2.45, 2.75) is 0 Å². The number of benzene rings is 1. The van der Waals surface area contributed by atoms with Crippen LogP contribution in [-0.4, -0.2) is 16.4 Å². The minimum atomic E-state index is -0.386. The molecule has 58 valence electrons. The van der Waals surface area contributed by atoms with E-state index in [9.17, 15) is 4.79 Å². The van der Waals surface area contributed by atoms with Crippen LogP contribution in [0.2, 0.25) is 0 Å². The highest BCUT2D eigenvalue weighted by atomic mass is 28.2. The number of nitrogens with two attached hydrogens (primary N) is 1. The Morgan fingerprint density at radius 1 is 1.36 bits per heavy atom. The molecule has 2 N–H and O–H groups in total. The lowest BCUT2D eigenvalue weighted by Crippen LogP contribution is -2.33. The Morgan fingerprint density at radius 2 is 1.91 bits per heavy atom. The van der Waals surface area contributed by atoms with E-state index in [0.29, 0.717) is 10.4 Å². The molecule has 0 saturated heterocycles. The highest BCUT2D eigenvalue weighted by Gasteiger charge is 2.02. The lowest BCUT2D eigenvalue weighted by molar-refractivity contribution is 0.257. The number of nitrogens with zero attached hydrogens (tertiary/aromatic N) is 1. The van der Waals surface area contributed by atoms with Crippen LogP contribution in [0.15, 0.2) is 30.3 Å². The molecule has 11 heavy (non-hydrogen) atoms. The van der Waals surface area contributed by atoms with E-state index in [1.807, 2.05) is 30.3 Å². The van der Waals surface area contributed by atoms with Crippen molar-refractivity contribution in [3.05, 3.63) is 30.3 Å². The van der Waals surface area contributed by atoms with Gasteiger partial charge in [-0.2, -0.15) is 0 Å². The Bertz CT molecular complexity index is 250. The van der Waals surface area contributed by atoms with Crippen molar-refractivity contribution in [1.29, 1.82) is 0 Å². The number of carbonyl (C=O) groups excluding carboxylic acids is 1. The molecule has 4 heteroatoms. The summed E-state index contributed by atoms with van der Waals surface area (Å²) in [5, 5.41) is 0. The number of urea groups is 1. The van der Waals surface area contributed by atoms with E-state index >= 15 is 0 Å². The zero-order chi connectivity index (χ0) is 8.27. The standard InChI is InChI=1S/C7H10N2OSi/c8-7(10)9(11)6-4-2-1-3-5-6/h1-5H,11H3,(H2,8,10). The fraction of sp³-hybridized carbons (Fsp3) is 0. The molecule has 2 amide bonds. The largest absolute Gasteiger partial charge is 0.352 e. The monoisotopic (exact) mass is 166 g/mol. The lowest BCUT2D eigenvalue weighted by atomic mass is 10.3. The number of hydrogen-bond donors (Lipinski definition) is 1. The van der Waals surface area contributed by atoms with E-state index in [1.54, 1.807) is 0 Å². The van der Waals surface area contributed by atoms with Gasteiger partial charge in [0.15, 0.2) is 0 Å². The lowest BCUT2D eigenvalue weighted by Gasteiger charge is -2.13. The van der Waals surface area contributed by atoms with Crippen LogP contribution in [0.4, 0.5) is 10.5 Å². The number of primary amides is 1. The van der Waals surface area contributed by atoms with E-state index in [4.69, 9.17) is 5.73 Å². The van der Waals surface area contributed by atoms with Crippen molar-refractivity contribution in [3.8, 4) is 0 Å². The second kappa shape index (κ2) is 3.20. The fourth-order valence-corrected chi connectivity index (χ4v) is 1.08. The first-order chi connectivity index (χ1) is 5.22. The number of carbonyl (C=O) groups is 1. The predicted octanol–water partition coefficient (Wildman–Crippen LogP) is -0.148. The van der Waals surface area contributed by atoms with E-state index in [-0.39, 0.29) is 6.03 Å². The molecule has 0 heterocycles. The van der Waals surface area contributed by atoms with Gasteiger partial charge in [0.1, 0.15) is 10.4 Å². The van der Waals surface area contributed by atoms with Crippen molar-refractivity contribution < 1.29 is 4.79 Å². The van der Waals surface area contributed by atoms with Gasteiger partial charge in [-0.1, -0.05) is 18.2 Å². The maximum Gasteiger partial charge on any atom is 0.310 e. The van der Waals surface area contributed by atoms with Crippen LogP contribution >= 0.6 is 0 Å². The molecular formula is C7H10N2OSi. The second-order valence-electron chi connectivity index (χ2n) is 2.23. The Balaban J connectivity index is 2.85. The van der Waals surface area contributed by atoms with Gasteiger partial charge >= 0.3 is 6.03 Å². The van der Waals surface area contributed by atoms with Gasteiger partial charge in [-0.3, -0.25) is 0 Å². The van der Waals surface area contributed by atoms with Crippen molar-refractivity contribution in [1.82, 2.24) is 0 Å². The number of amides is 2. The van der Waals surface area contributed by atoms with Crippen LogP contribution in [-0.2, 0) is 0 Å². The molecule has 0 unspecified atom stereocenters. The van der Waals surface area contributed by atoms with Crippen LogP contribution in [0, 0.1) is 0 Å². The van der Waals surface area contributed by atoms with Gasteiger partial charge in [0.2, 0.25) is 0 Å². The van der Waals surface area contributed by atoms with Crippen molar-refractivity contribution in [2.24, 2.45) is 5.73 Å². The van der Waals surface area contributed by atoms with E-state index < -0.39 is 0 Å². The third-order valence-corrected chi connectivity index (χ3v) is 2.43. The smallest absolute Gasteiger partial charge is 0.310 e. The third kappa shape index (κ3) is 1.81. The molecule has 0 bridgehead atoms. The first-order valence-corrected chi connectivity index (χ1v) is 4.19. The first kappa shape index (κ1) is 7.81. The first-order valence-electron chi connectivity index (χ1n) is 3.30. The molecule has 1 aromatic rings. The quantitative estimate of drug-likeness (QED) is 0.580. The van der Waals surface area contributed by atoms with E-state index in [1.165, 1.54) is 4.57 Å². The number of hydrogen-bond acceptors (Lipinski definition) is 1. The minimum absolute atomic E-state index is 0.386. The molecule has 1 rings (SSSR count). The Morgan fingerprint density at radius 3 is 2.36 bits per heavy atom. The second-order valence-corrected chi connectivity index (χ2v) is 3.13. The zero-order valence-corrected chi connectivity index (χ0v) is 8.32. The molecule has 0 aliphatic heterocycles. The molecule has 0 spiro atoms. The van der Waals surface area contributed by atoms with Crippen LogP contribution in [0.3, 0.4) is 0 Å². The Kier molecular flexibility index (Phi) is 2.27. The number of rotatable bonds is 1. The van der Waals surface area contributed by atoms with Gasteiger partial charge in [-0.15, -0.1) is 0 Å². The summed E-state index contributed by atoms with van der Waals surface area (Å²) in [6.45, 7) is 0. The van der Waals surface area contributed by atoms with E-state index in [2.05, 4.69) is 0 Å². The summed E-state index contributed by atoms with van der Waals surface area (Å²) in [6.07, 6.45) is 0. The molecule has 0 aromatic heterocycles. The van der Waals surface area contributed by atoms with Crippen LogP contribution < -0.4 is 10.3 Å². The third-order valence-electron chi connectivity index (χ3n) is 1.47. The molecule has 0 fully saturated rings. The highest BCUT2D eigenvalue weighted by Crippen LogP contribution is 2.08. The number of anilines is 1. The maximum atomic E-state index is 10.7. The minimum Gasteiger partial charge on any atom is -0.352 e. The van der Waals surface area contributed by atoms with Gasteiger partial charge in [0.05, 0.1) is 0 Å². The Hall–Kier alpha value is -1.29. The van der Waals surface area contributed by atoms with Crippen molar-refractivity contribution >= 4 is 22.1 Å². The maximum absolute atomic E-state index is 10.7. The predicted molar refractivity (Wildman–Crippen MR) is 48.4 cm³/mol. The number of para-hydroxylation sites is 1. The molecule has 1 aromatic carbocycles.